The van der Waals surface area contributed by atoms with Crippen molar-refractivity contribution in [1.82, 2.24) is 0 Å². The van der Waals surface area contributed by atoms with Crippen LogP contribution in [0.5, 0.6) is 0 Å². The molecule has 1 aromatic carbocycles. The van der Waals surface area contributed by atoms with Gasteiger partial charge in [-0.2, -0.15) is 13.2 Å². The third kappa shape index (κ3) is 4.06. The van der Waals surface area contributed by atoms with Crippen molar-refractivity contribution in [3.05, 3.63) is 29.3 Å². The maximum atomic E-state index is 12.7. The predicted octanol–water partition coefficient (Wildman–Crippen LogP) is 2.84. The van der Waals surface area contributed by atoms with Crippen molar-refractivity contribution in [2.24, 2.45) is 0 Å². The molecule has 0 unspecified atom stereocenters. The first-order valence-corrected chi connectivity index (χ1v) is 7.28. The quantitative estimate of drug-likeness (QED) is 0.806. The Kier molecular flexibility index (Phi) is 4.17. The monoisotopic (exact) mass is 301 g/mol. The molecule has 0 bridgehead atoms. The number of halogens is 4. The molecule has 18 heavy (non-hydrogen) atoms. The number of hydrogen-bond acceptors (Lipinski definition) is 3. The topological polar surface area (TPSA) is 37.4 Å². The molecule has 8 heteroatoms. The molecule has 0 saturated carbocycles. The summed E-state index contributed by atoms with van der Waals surface area (Å²) in [6, 6.07) is 3.29. The van der Waals surface area contributed by atoms with Crippen molar-refractivity contribution in [3.63, 3.8) is 0 Å². The minimum atomic E-state index is -4.61. The second-order valence-corrected chi connectivity index (χ2v) is 6.69. The average molecular weight is 302 g/mol. The van der Waals surface area contributed by atoms with Gasteiger partial charge in [0.05, 0.1) is 11.3 Å². The fourth-order valence-corrected chi connectivity index (χ4v) is 2.40. The van der Waals surface area contributed by atoms with Crippen molar-refractivity contribution in [3.8, 4) is 0 Å². The Balaban J connectivity index is 3.36. The number of nitrogens with zero attached hydrogens (tertiary/aromatic N) is 1. The van der Waals surface area contributed by atoms with Gasteiger partial charge >= 0.3 is 6.18 Å². The molecule has 0 atom stereocenters. The van der Waals surface area contributed by atoms with Gasteiger partial charge in [0.1, 0.15) is 0 Å². The van der Waals surface area contributed by atoms with Crippen LogP contribution < -0.4 is 4.90 Å². The highest BCUT2D eigenvalue weighted by atomic mass is 35.7. The first-order chi connectivity index (χ1) is 8.00. The Morgan fingerprint density at radius 3 is 2.22 bits per heavy atom. The van der Waals surface area contributed by atoms with E-state index in [1.807, 2.05) is 0 Å². The largest absolute Gasteiger partial charge is 0.416 e. The van der Waals surface area contributed by atoms with Gasteiger partial charge in [0, 0.05) is 30.5 Å². The van der Waals surface area contributed by atoms with E-state index in [1.54, 1.807) is 19.0 Å². The number of hydrogen-bond donors (Lipinski definition) is 0. The Morgan fingerprint density at radius 2 is 1.83 bits per heavy atom. The van der Waals surface area contributed by atoms with Crippen LogP contribution in [0.1, 0.15) is 11.1 Å². The fraction of sp³-hybridized carbons (Fsp3) is 0.400. The van der Waals surface area contributed by atoms with E-state index >= 15 is 0 Å². The van der Waals surface area contributed by atoms with Crippen molar-refractivity contribution in [1.29, 1.82) is 0 Å². The molecule has 0 heterocycles. The first kappa shape index (κ1) is 15.1. The molecular formula is C10H11ClF3NO2S. The molecule has 0 aliphatic carbocycles. The fourth-order valence-electron chi connectivity index (χ4n) is 1.44. The van der Waals surface area contributed by atoms with Gasteiger partial charge in [0.25, 0.3) is 0 Å². The highest BCUT2D eigenvalue weighted by molar-refractivity contribution is 8.13. The van der Waals surface area contributed by atoms with Crippen LogP contribution in [0.15, 0.2) is 18.2 Å². The molecule has 0 radical (unpaired) electrons. The minimum Gasteiger partial charge on any atom is -0.378 e. The Labute approximate surface area is 108 Å². The molecule has 1 rings (SSSR count). The Bertz CT molecular complexity index is 541. The van der Waals surface area contributed by atoms with Gasteiger partial charge in [-0.05, 0) is 23.8 Å². The summed E-state index contributed by atoms with van der Waals surface area (Å²) in [5.74, 6) is -0.856. The van der Waals surface area contributed by atoms with Gasteiger partial charge in [-0.25, -0.2) is 8.42 Å². The van der Waals surface area contributed by atoms with Crippen LogP contribution in [0, 0.1) is 0 Å². The number of benzene rings is 1. The molecule has 0 N–H and O–H groups in total. The van der Waals surface area contributed by atoms with E-state index in [1.165, 1.54) is 12.1 Å². The van der Waals surface area contributed by atoms with Crippen molar-refractivity contribution in [2.75, 3.05) is 19.0 Å². The van der Waals surface area contributed by atoms with Crippen molar-refractivity contribution >= 4 is 25.4 Å². The van der Waals surface area contributed by atoms with E-state index in [2.05, 4.69) is 0 Å². The summed E-state index contributed by atoms with van der Waals surface area (Å²) in [6.45, 7) is 0. The first-order valence-electron chi connectivity index (χ1n) is 4.80. The van der Waals surface area contributed by atoms with Crippen LogP contribution >= 0.6 is 10.7 Å². The van der Waals surface area contributed by atoms with Crippen molar-refractivity contribution in [2.45, 2.75) is 11.9 Å². The van der Waals surface area contributed by atoms with Crippen LogP contribution in [-0.4, -0.2) is 22.5 Å². The van der Waals surface area contributed by atoms with Gasteiger partial charge in [0.2, 0.25) is 9.05 Å². The lowest BCUT2D eigenvalue weighted by Crippen LogP contribution is -2.14. The third-order valence-corrected chi connectivity index (χ3v) is 3.22. The summed E-state index contributed by atoms with van der Waals surface area (Å²) >= 11 is 0. The van der Waals surface area contributed by atoms with E-state index in [0.717, 1.165) is 6.07 Å². The molecule has 0 aliphatic rings. The van der Waals surface area contributed by atoms with Crippen LogP contribution in [0.4, 0.5) is 18.9 Å². The molecule has 0 aliphatic heterocycles. The van der Waals surface area contributed by atoms with Gasteiger partial charge < -0.3 is 4.90 Å². The van der Waals surface area contributed by atoms with E-state index in [4.69, 9.17) is 10.7 Å². The van der Waals surface area contributed by atoms with E-state index in [9.17, 15) is 21.6 Å². The van der Waals surface area contributed by atoms with E-state index in [0.29, 0.717) is 5.69 Å². The Hall–Kier alpha value is -0.950. The SMILES string of the molecule is CN(C)c1ccc(C(F)(F)F)c(CS(=O)(=O)Cl)c1. The summed E-state index contributed by atoms with van der Waals surface area (Å²) in [5.41, 5.74) is -0.876. The molecule has 0 aromatic heterocycles. The van der Waals surface area contributed by atoms with Crippen LogP contribution in [-0.2, 0) is 21.0 Å². The van der Waals surface area contributed by atoms with Gasteiger partial charge in [-0.3, -0.25) is 0 Å². The zero-order valence-corrected chi connectivity index (χ0v) is 11.2. The number of anilines is 1. The van der Waals surface area contributed by atoms with Gasteiger partial charge in [-0.1, -0.05) is 0 Å². The molecule has 1 aromatic rings. The summed E-state index contributed by atoms with van der Waals surface area (Å²) in [6.07, 6.45) is -4.61. The van der Waals surface area contributed by atoms with Gasteiger partial charge in [0.15, 0.2) is 0 Å². The summed E-state index contributed by atoms with van der Waals surface area (Å²) in [4.78, 5) is 1.57. The smallest absolute Gasteiger partial charge is 0.378 e. The maximum Gasteiger partial charge on any atom is 0.416 e. The second-order valence-electron chi connectivity index (χ2n) is 3.92. The summed E-state index contributed by atoms with van der Waals surface area (Å²) < 4.78 is 60.0. The summed E-state index contributed by atoms with van der Waals surface area (Å²) in [7, 11) is 4.25. The molecule has 0 saturated heterocycles. The predicted molar refractivity (Wildman–Crippen MR) is 64.2 cm³/mol. The lowest BCUT2D eigenvalue weighted by molar-refractivity contribution is -0.138. The van der Waals surface area contributed by atoms with E-state index < -0.39 is 26.5 Å². The zero-order valence-electron chi connectivity index (χ0n) is 9.62. The van der Waals surface area contributed by atoms with E-state index in [-0.39, 0.29) is 5.56 Å². The van der Waals surface area contributed by atoms with Crippen LogP contribution in [0.3, 0.4) is 0 Å². The average Bonchev–Trinajstić information content (AvgIpc) is 2.12. The normalized spacial score (nSPS) is 12.6. The maximum absolute atomic E-state index is 12.7. The minimum absolute atomic E-state index is 0.358. The molecule has 0 amide bonds. The highest BCUT2D eigenvalue weighted by Crippen LogP contribution is 2.34. The third-order valence-electron chi connectivity index (χ3n) is 2.24. The molecular weight excluding hydrogens is 291 g/mol. The molecule has 102 valence electrons. The Morgan fingerprint density at radius 1 is 1.28 bits per heavy atom. The molecule has 3 nitrogen and oxygen atoms in total. The standard InChI is InChI=1S/C10H11ClF3NO2S/c1-15(2)8-3-4-9(10(12,13)14)7(5-8)6-18(11,16)17/h3-5H,6H2,1-2H3. The molecule has 0 spiro atoms. The number of alkyl halides is 3. The highest BCUT2D eigenvalue weighted by Gasteiger charge is 2.34. The lowest BCUT2D eigenvalue weighted by atomic mass is 10.1. The number of rotatable bonds is 3. The molecule has 0 fully saturated rings. The lowest BCUT2D eigenvalue weighted by Gasteiger charge is -2.17. The van der Waals surface area contributed by atoms with Crippen LogP contribution in [0.25, 0.3) is 0 Å². The van der Waals surface area contributed by atoms with Crippen molar-refractivity contribution < 1.29 is 21.6 Å². The van der Waals surface area contributed by atoms with Crippen LogP contribution in [0.2, 0.25) is 0 Å². The van der Waals surface area contributed by atoms with Gasteiger partial charge in [-0.15, -0.1) is 0 Å². The second kappa shape index (κ2) is 4.97. The zero-order chi connectivity index (χ0) is 14.1. The summed E-state index contributed by atoms with van der Waals surface area (Å²) in [5, 5.41) is 0.